The van der Waals surface area contributed by atoms with Crippen molar-refractivity contribution in [1.82, 2.24) is 10.3 Å². The highest BCUT2D eigenvalue weighted by molar-refractivity contribution is 5.79. The first-order chi connectivity index (χ1) is 14.5. The minimum atomic E-state index is -1.00. The lowest BCUT2D eigenvalue weighted by Gasteiger charge is -2.20. The molecule has 6 nitrogen and oxygen atoms in total. The van der Waals surface area contributed by atoms with Gasteiger partial charge in [-0.05, 0) is 46.4 Å². The second kappa shape index (κ2) is 8.37. The number of rotatable bonds is 6. The number of ether oxygens (including phenoxy) is 1. The van der Waals surface area contributed by atoms with Gasteiger partial charge in [0.1, 0.15) is 6.61 Å². The van der Waals surface area contributed by atoms with Gasteiger partial charge in [0.05, 0.1) is 12.5 Å². The van der Waals surface area contributed by atoms with E-state index < -0.39 is 18.1 Å². The molecule has 1 aromatic heterocycles. The van der Waals surface area contributed by atoms with Crippen LogP contribution in [0.1, 0.15) is 40.6 Å². The molecule has 0 bridgehead atoms. The normalized spacial score (nSPS) is 13.2. The van der Waals surface area contributed by atoms with Crippen LogP contribution in [0, 0.1) is 6.92 Å². The Hall–Kier alpha value is -3.67. The summed E-state index contributed by atoms with van der Waals surface area (Å²) in [5.74, 6) is -1.06. The van der Waals surface area contributed by atoms with Gasteiger partial charge in [-0.15, -0.1) is 0 Å². The fourth-order valence-corrected chi connectivity index (χ4v) is 4.07. The Kier molecular flexibility index (Phi) is 5.48. The number of carbonyl (C=O) groups is 2. The van der Waals surface area contributed by atoms with Gasteiger partial charge in [0.2, 0.25) is 0 Å². The summed E-state index contributed by atoms with van der Waals surface area (Å²) >= 11 is 0. The molecule has 1 atom stereocenters. The lowest BCUT2D eigenvalue weighted by molar-refractivity contribution is -0.137. The van der Waals surface area contributed by atoms with Crippen molar-refractivity contribution in [2.75, 3.05) is 6.61 Å². The van der Waals surface area contributed by atoms with Crippen LogP contribution in [0.4, 0.5) is 4.79 Å². The molecule has 1 aliphatic rings. The Balaban J connectivity index is 1.49. The van der Waals surface area contributed by atoms with Crippen molar-refractivity contribution in [2.45, 2.75) is 25.3 Å². The van der Waals surface area contributed by atoms with Crippen molar-refractivity contribution >= 4 is 12.1 Å². The third-order valence-electron chi connectivity index (χ3n) is 5.45. The summed E-state index contributed by atoms with van der Waals surface area (Å²) in [5.41, 5.74) is 6.07. The molecule has 1 heterocycles. The number of pyridine rings is 1. The Labute approximate surface area is 174 Å². The van der Waals surface area contributed by atoms with Crippen LogP contribution in [-0.2, 0) is 9.53 Å². The van der Waals surface area contributed by atoms with Gasteiger partial charge >= 0.3 is 12.1 Å². The van der Waals surface area contributed by atoms with E-state index in [0.717, 1.165) is 27.8 Å². The first-order valence-corrected chi connectivity index (χ1v) is 9.78. The second-order valence-electron chi connectivity index (χ2n) is 7.35. The van der Waals surface area contributed by atoms with Crippen LogP contribution in [0.3, 0.4) is 0 Å². The summed E-state index contributed by atoms with van der Waals surface area (Å²) in [7, 11) is 0. The molecule has 2 aromatic carbocycles. The molecule has 2 N–H and O–H groups in total. The average molecular weight is 402 g/mol. The standard InChI is InChI=1S/C24H22N2O4/c1-15-13-25-11-10-16(15)22(12-23(27)28)26-24(29)30-14-21-19-8-4-2-6-17(19)18-7-3-5-9-20(18)21/h2-11,13,21-22H,12,14H2,1H3,(H,26,29)(H,27,28)/t22-/m0/s1. The van der Waals surface area contributed by atoms with Crippen LogP contribution < -0.4 is 5.32 Å². The van der Waals surface area contributed by atoms with Crippen LogP contribution in [0.15, 0.2) is 67.0 Å². The third kappa shape index (κ3) is 3.89. The van der Waals surface area contributed by atoms with E-state index in [9.17, 15) is 14.7 Å². The van der Waals surface area contributed by atoms with E-state index in [4.69, 9.17) is 4.74 Å². The number of amides is 1. The van der Waals surface area contributed by atoms with Crippen LogP contribution in [0.5, 0.6) is 0 Å². The molecular formula is C24H22N2O4. The number of hydrogen-bond acceptors (Lipinski definition) is 4. The van der Waals surface area contributed by atoms with Crippen molar-refractivity contribution in [2.24, 2.45) is 0 Å². The Morgan fingerprint density at radius 3 is 2.30 bits per heavy atom. The van der Waals surface area contributed by atoms with Crippen molar-refractivity contribution in [3.05, 3.63) is 89.2 Å². The zero-order valence-corrected chi connectivity index (χ0v) is 16.5. The molecule has 0 radical (unpaired) electrons. The number of aliphatic carboxylic acids is 1. The van der Waals surface area contributed by atoms with Crippen LogP contribution in [0.2, 0.25) is 0 Å². The van der Waals surface area contributed by atoms with Gasteiger partial charge in [-0.2, -0.15) is 0 Å². The average Bonchev–Trinajstić information content (AvgIpc) is 3.06. The third-order valence-corrected chi connectivity index (χ3v) is 5.45. The summed E-state index contributed by atoms with van der Waals surface area (Å²) in [6.07, 6.45) is 2.34. The van der Waals surface area contributed by atoms with Gasteiger partial charge < -0.3 is 15.2 Å². The summed E-state index contributed by atoms with van der Waals surface area (Å²) in [6.45, 7) is 2.01. The largest absolute Gasteiger partial charge is 0.481 e. The lowest BCUT2D eigenvalue weighted by atomic mass is 9.98. The molecule has 1 aliphatic carbocycles. The van der Waals surface area contributed by atoms with Gasteiger partial charge in [-0.1, -0.05) is 48.5 Å². The molecule has 0 fully saturated rings. The number of fused-ring (bicyclic) bond motifs is 3. The van der Waals surface area contributed by atoms with Gasteiger partial charge in [-0.3, -0.25) is 9.78 Å². The number of hydrogen-bond donors (Lipinski definition) is 2. The molecule has 0 unspecified atom stereocenters. The number of benzene rings is 2. The number of nitrogens with zero attached hydrogens (tertiary/aromatic N) is 1. The first-order valence-electron chi connectivity index (χ1n) is 9.78. The molecule has 3 aromatic rings. The molecule has 152 valence electrons. The smallest absolute Gasteiger partial charge is 0.407 e. The van der Waals surface area contributed by atoms with E-state index in [-0.39, 0.29) is 18.9 Å². The zero-order valence-electron chi connectivity index (χ0n) is 16.5. The summed E-state index contributed by atoms with van der Waals surface area (Å²) in [6, 6.07) is 17.2. The van der Waals surface area contributed by atoms with E-state index in [1.54, 1.807) is 18.5 Å². The number of alkyl carbamates (subject to hydrolysis) is 1. The zero-order chi connectivity index (χ0) is 21.1. The minimum absolute atomic E-state index is 0.0521. The highest BCUT2D eigenvalue weighted by Crippen LogP contribution is 2.44. The molecule has 0 saturated carbocycles. The van der Waals surface area contributed by atoms with Crippen LogP contribution >= 0.6 is 0 Å². The topological polar surface area (TPSA) is 88.5 Å². The maximum Gasteiger partial charge on any atom is 0.407 e. The van der Waals surface area contributed by atoms with E-state index in [2.05, 4.69) is 34.6 Å². The molecular weight excluding hydrogens is 380 g/mol. The van der Waals surface area contributed by atoms with E-state index in [1.165, 1.54) is 0 Å². The van der Waals surface area contributed by atoms with Gasteiger partial charge in [-0.25, -0.2) is 4.79 Å². The Morgan fingerprint density at radius 1 is 1.07 bits per heavy atom. The summed E-state index contributed by atoms with van der Waals surface area (Å²) in [4.78, 5) is 27.9. The summed E-state index contributed by atoms with van der Waals surface area (Å²) in [5, 5.41) is 12.0. The SMILES string of the molecule is Cc1cnccc1[C@H](CC(=O)O)NC(=O)OCC1c2ccccc2-c2ccccc21. The molecule has 0 spiro atoms. The van der Waals surface area contributed by atoms with Crippen LogP contribution in [0.25, 0.3) is 11.1 Å². The molecule has 0 aliphatic heterocycles. The lowest BCUT2D eigenvalue weighted by Crippen LogP contribution is -2.32. The van der Waals surface area contributed by atoms with Crippen molar-refractivity contribution < 1.29 is 19.4 Å². The number of nitrogens with one attached hydrogen (secondary N) is 1. The highest BCUT2D eigenvalue weighted by atomic mass is 16.5. The van der Waals surface area contributed by atoms with Crippen molar-refractivity contribution in [1.29, 1.82) is 0 Å². The predicted octanol–water partition coefficient (Wildman–Crippen LogP) is 4.44. The molecule has 6 heteroatoms. The molecule has 4 rings (SSSR count). The second-order valence-corrected chi connectivity index (χ2v) is 7.35. The highest BCUT2D eigenvalue weighted by Gasteiger charge is 2.29. The van der Waals surface area contributed by atoms with E-state index in [1.807, 2.05) is 31.2 Å². The van der Waals surface area contributed by atoms with E-state index in [0.29, 0.717) is 5.56 Å². The number of aromatic nitrogens is 1. The number of carboxylic acids is 1. The van der Waals surface area contributed by atoms with Crippen LogP contribution in [-0.4, -0.2) is 28.8 Å². The fourth-order valence-electron chi connectivity index (χ4n) is 4.07. The number of carbonyl (C=O) groups excluding carboxylic acids is 1. The van der Waals surface area contributed by atoms with Crippen molar-refractivity contribution in [3.63, 3.8) is 0 Å². The molecule has 1 amide bonds. The Morgan fingerprint density at radius 2 is 1.70 bits per heavy atom. The maximum absolute atomic E-state index is 12.6. The minimum Gasteiger partial charge on any atom is -0.481 e. The summed E-state index contributed by atoms with van der Waals surface area (Å²) < 4.78 is 5.55. The van der Waals surface area contributed by atoms with Gasteiger partial charge in [0.15, 0.2) is 0 Å². The molecule has 30 heavy (non-hydrogen) atoms. The van der Waals surface area contributed by atoms with Gasteiger partial charge in [0, 0.05) is 18.3 Å². The quantitative estimate of drug-likeness (QED) is 0.636. The van der Waals surface area contributed by atoms with Gasteiger partial charge in [0.25, 0.3) is 0 Å². The fraction of sp³-hybridized carbons (Fsp3) is 0.208. The molecule has 0 saturated heterocycles. The van der Waals surface area contributed by atoms with Crippen molar-refractivity contribution in [3.8, 4) is 11.1 Å². The first kappa shape index (κ1) is 19.6. The maximum atomic E-state index is 12.6. The number of aryl methyl sites for hydroxylation is 1. The Bertz CT molecular complexity index is 1050. The van der Waals surface area contributed by atoms with E-state index >= 15 is 0 Å². The number of carboxylic acid groups (broad SMARTS) is 1. The monoisotopic (exact) mass is 402 g/mol. The predicted molar refractivity (Wildman–Crippen MR) is 112 cm³/mol.